The van der Waals surface area contributed by atoms with Crippen LogP contribution in [0.5, 0.6) is 0 Å². The largest absolute Gasteiger partial charge is 3.00 e. The third-order valence-electron chi connectivity index (χ3n) is 1.34. The van der Waals surface area contributed by atoms with Crippen LogP contribution in [0.1, 0.15) is 5.56 Å². The molecule has 0 bridgehead atoms. The zero-order valence-corrected chi connectivity index (χ0v) is 10.9. The van der Waals surface area contributed by atoms with Gasteiger partial charge in [0, 0.05) is 6.54 Å². The summed E-state index contributed by atoms with van der Waals surface area (Å²) in [7, 11) is 4.15. The third-order valence-corrected chi connectivity index (χ3v) is 1.34. The molecule has 17 heavy (non-hydrogen) atoms. The van der Waals surface area contributed by atoms with Gasteiger partial charge in [-0.1, -0.05) is 30.3 Å². The Labute approximate surface area is 113 Å². The Morgan fingerprint density at radius 3 is 1.53 bits per heavy atom. The maximum atomic E-state index is 7.50. The number of hydrogen-bond donors (Lipinski definition) is 0. The quantitative estimate of drug-likeness (QED) is 0.595. The summed E-state index contributed by atoms with van der Waals surface area (Å²) in [4.78, 5) is 2.16. The molecule has 87 valence electrons. The van der Waals surface area contributed by atoms with Crippen LogP contribution in [0.3, 0.4) is 0 Å². The number of nitrogens with zero attached hydrogens (tertiary/aromatic N) is 1. The van der Waals surface area contributed by atoms with E-state index < -0.39 is 0 Å². The molecule has 0 heterocycles. The van der Waals surface area contributed by atoms with Crippen molar-refractivity contribution in [3.05, 3.63) is 55.8 Å². The van der Waals surface area contributed by atoms with Gasteiger partial charge in [0.05, 0.1) is 0 Å². The summed E-state index contributed by atoms with van der Waals surface area (Å²) in [6.07, 6.45) is 0. The molecule has 0 aliphatic carbocycles. The minimum atomic E-state index is 0. The van der Waals surface area contributed by atoms with Crippen molar-refractivity contribution in [3.63, 3.8) is 0 Å². The molecule has 1 aromatic rings. The van der Waals surface area contributed by atoms with Crippen molar-refractivity contribution in [1.82, 2.24) is 4.90 Å². The van der Waals surface area contributed by atoms with E-state index in [1.165, 1.54) is 5.56 Å². The molecule has 1 rings (SSSR count). The van der Waals surface area contributed by atoms with Gasteiger partial charge in [-0.2, -0.15) is 0 Å². The molecule has 0 aliphatic rings. The number of benzene rings is 1. The Morgan fingerprint density at radius 1 is 0.882 bits per heavy atom. The van der Waals surface area contributed by atoms with Crippen molar-refractivity contribution >= 4 is 0 Å². The number of hydrogen-bond acceptors (Lipinski definition) is 1. The van der Waals surface area contributed by atoms with Crippen LogP contribution in [-0.4, -0.2) is 19.0 Å². The Kier molecular flexibility index (Phi) is 35.6. The van der Waals surface area contributed by atoms with Gasteiger partial charge in [-0.25, -0.2) is 0 Å². The molecule has 0 atom stereocenters. The van der Waals surface area contributed by atoms with Crippen molar-refractivity contribution < 1.29 is 31.3 Å². The normalized spacial score (nSPS) is 6.41. The van der Waals surface area contributed by atoms with E-state index in [4.69, 9.17) is 14.0 Å². The standard InChI is InChI=1S/C9H13N.3CO.Cr/c1-10(2)8-9-6-4-3-5-7-9;3*1-2;/h3-7H,8H2,1-2H3;;;;/q;;;;+3. The van der Waals surface area contributed by atoms with E-state index in [-0.39, 0.29) is 17.4 Å². The molecule has 0 N–H and O–H groups in total. The molecular formula is C12H13CrNO3+3. The average Bonchev–Trinajstić information content (AvgIpc) is 2.37. The van der Waals surface area contributed by atoms with Crippen LogP contribution < -0.4 is 0 Å². The maximum absolute atomic E-state index is 7.50. The molecule has 0 aromatic heterocycles. The SMILES string of the molecule is CN(C)Cc1ccccc1.[C-]#[O+].[C-]#[O+].[C-]#[O+].[Cr+3]. The molecule has 4 nitrogen and oxygen atoms in total. The van der Waals surface area contributed by atoms with E-state index in [0.29, 0.717) is 0 Å². The molecule has 1 aromatic carbocycles. The first-order valence-electron chi connectivity index (χ1n) is 4.09. The van der Waals surface area contributed by atoms with Crippen LogP contribution >= 0.6 is 0 Å². The topological polar surface area (TPSA) is 62.9 Å². The van der Waals surface area contributed by atoms with E-state index >= 15 is 0 Å². The molecular weight excluding hydrogens is 258 g/mol. The van der Waals surface area contributed by atoms with Crippen molar-refractivity contribution in [2.75, 3.05) is 14.1 Å². The van der Waals surface area contributed by atoms with Crippen LogP contribution in [0.15, 0.2) is 30.3 Å². The first-order valence-corrected chi connectivity index (χ1v) is 4.09. The van der Waals surface area contributed by atoms with Crippen LogP contribution in [0.4, 0.5) is 0 Å². The van der Waals surface area contributed by atoms with Gasteiger partial charge in [0.2, 0.25) is 0 Å². The van der Waals surface area contributed by atoms with Gasteiger partial charge in [-0.05, 0) is 19.7 Å². The van der Waals surface area contributed by atoms with Crippen LogP contribution in [0.2, 0.25) is 0 Å². The summed E-state index contributed by atoms with van der Waals surface area (Å²) >= 11 is 0. The van der Waals surface area contributed by atoms with Gasteiger partial charge in [0.1, 0.15) is 0 Å². The zero-order valence-electron chi connectivity index (χ0n) is 9.67. The number of rotatable bonds is 2. The average molecular weight is 271 g/mol. The fourth-order valence-corrected chi connectivity index (χ4v) is 0.949. The van der Waals surface area contributed by atoms with Gasteiger partial charge in [-0.15, -0.1) is 0 Å². The van der Waals surface area contributed by atoms with Gasteiger partial charge in [0.25, 0.3) is 0 Å². The van der Waals surface area contributed by atoms with E-state index in [9.17, 15) is 0 Å². The fraction of sp³-hybridized carbons (Fsp3) is 0.250. The van der Waals surface area contributed by atoms with Crippen LogP contribution in [-0.2, 0) is 37.9 Å². The molecule has 0 unspecified atom stereocenters. The van der Waals surface area contributed by atoms with Crippen molar-refractivity contribution in [3.8, 4) is 0 Å². The van der Waals surface area contributed by atoms with Crippen molar-refractivity contribution in [2.45, 2.75) is 6.54 Å². The minimum Gasteiger partial charge on any atom is 3.00 e. The summed E-state index contributed by atoms with van der Waals surface area (Å²) in [5, 5.41) is 0. The molecule has 1 radical (unpaired) electrons. The molecule has 0 spiro atoms. The Balaban J connectivity index is -0.000000106. The second kappa shape index (κ2) is 24.3. The zero-order chi connectivity index (χ0) is 13.4. The summed E-state index contributed by atoms with van der Waals surface area (Å²) in [5.41, 5.74) is 1.37. The molecule has 5 heteroatoms. The monoisotopic (exact) mass is 271 g/mol. The van der Waals surface area contributed by atoms with E-state index in [0.717, 1.165) is 6.54 Å². The molecule has 0 amide bonds. The predicted octanol–water partition coefficient (Wildman–Crippen LogP) is 1.63. The van der Waals surface area contributed by atoms with E-state index in [2.05, 4.69) is 63.2 Å². The third kappa shape index (κ3) is 20.9. The second-order valence-corrected chi connectivity index (χ2v) is 2.72. The molecule has 0 fully saturated rings. The van der Waals surface area contributed by atoms with Crippen molar-refractivity contribution in [2.24, 2.45) is 0 Å². The van der Waals surface area contributed by atoms with Crippen LogP contribution in [0.25, 0.3) is 0 Å². The van der Waals surface area contributed by atoms with E-state index in [1.807, 2.05) is 6.07 Å². The molecule has 0 aliphatic heterocycles. The Morgan fingerprint density at radius 2 is 1.24 bits per heavy atom. The minimum absolute atomic E-state index is 0. The second-order valence-electron chi connectivity index (χ2n) is 2.72. The van der Waals surface area contributed by atoms with Crippen molar-refractivity contribution in [1.29, 1.82) is 0 Å². The predicted molar refractivity (Wildman–Crippen MR) is 55.6 cm³/mol. The molecule has 0 saturated carbocycles. The van der Waals surface area contributed by atoms with Gasteiger partial charge < -0.3 is 4.90 Å². The molecule has 0 saturated heterocycles. The van der Waals surface area contributed by atoms with Crippen LogP contribution in [0, 0.1) is 20.0 Å². The maximum Gasteiger partial charge on any atom is 3.00 e. The summed E-state index contributed by atoms with van der Waals surface area (Å²) < 4.78 is 22.5. The van der Waals surface area contributed by atoms with Gasteiger partial charge >= 0.3 is 51.3 Å². The Hall–Kier alpha value is -1.07. The summed E-state index contributed by atoms with van der Waals surface area (Å²) in [6.45, 7) is 14.5. The van der Waals surface area contributed by atoms with E-state index in [1.54, 1.807) is 0 Å². The summed E-state index contributed by atoms with van der Waals surface area (Å²) in [5.74, 6) is 0. The van der Waals surface area contributed by atoms with Gasteiger partial charge in [0.15, 0.2) is 0 Å². The fourth-order valence-electron chi connectivity index (χ4n) is 0.949. The first-order chi connectivity index (χ1) is 7.79. The first kappa shape index (κ1) is 25.0. The van der Waals surface area contributed by atoms with Gasteiger partial charge in [-0.3, -0.25) is 0 Å². The Bertz CT molecular complexity index is 279. The smallest absolute Gasteiger partial charge is 3.00 e. The summed E-state index contributed by atoms with van der Waals surface area (Å²) in [6, 6.07) is 10.5.